The monoisotopic (exact) mass is 427 g/mol. The van der Waals surface area contributed by atoms with Gasteiger partial charge in [0.1, 0.15) is 11.6 Å². The van der Waals surface area contributed by atoms with Crippen molar-refractivity contribution in [2.45, 2.75) is 37.8 Å². The Kier molecular flexibility index (Phi) is 7.83. The summed E-state index contributed by atoms with van der Waals surface area (Å²) in [5.41, 5.74) is 0.371. The summed E-state index contributed by atoms with van der Waals surface area (Å²) in [6.45, 7) is 0. The Morgan fingerprint density at radius 3 is 2.50 bits per heavy atom. The molecule has 1 aliphatic rings. The summed E-state index contributed by atoms with van der Waals surface area (Å²) in [6, 6.07) is 6.23. The molecule has 152 valence electrons. The molecule has 28 heavy (non-hydrogen) atoms. The van der Waals surface area contributed by atoms with Crippen LogP contribution in [0.3, 0.4) is 0 Å². The number of carbonyl (C=O) groups excluding carboxylic acids is 1. The number of carbonyl (C=O) groups is 1. The van der Waals surface area contributed by atoms with E-state index >= 15 is 0 Å². The zero-order valence-corrected chi connectivity index (χ0v) is 17.4. The van der Waals surface area contributed by atoms with Crippen LogP contribution in [0.4, 0.5) is 16.2 Å². The second-order valence-corrected chi connectivity index (χ2v) is 7.34. The molecule has 9 heteroatoms. The lowest BCUT2D eigenvalue weighted by Crippen LogP contribution is -2.40. The van der Waals surface area contributed by atoms with Crippen LogP contribution in [-0.2, 0) is 0 Å². The number of amides is 1. The molecule has 1 aliphatic carbocycles. The van der Waals surface area contributed by atoms with Crippen molar-refractivity contribution in [3.63, 3.8) is 0 Å². The molecule has 0 atom stereocenters. The maximum atomic E-state index is 13.2. The van der Waals surface area contributed by atoms with E-state index in [1.165, 1.54) is 18.2 Å². The Morgan fingerprint density at radius 1 is 1.18 bits per heavy atom. The van der Waals surface area contributed by atoms with Crippen LogP contribution in [-0.4, -0.2) is 42.1 Å². The number of hydrogen-bond donors (Lipinski definition) is 2. The van der Waals surface area contributed by atoms with Crippen molar-refractivity contribution in [1.82, 2.24) is 15.3 Å². The highest BCUT2D eigenvalue weighted by Crippen LogP contribution is 2.22. The third-order valence-corrected chi connectivity index (χ3v) is 4.97. The number of benzene rings is 1. The fourth-order valence-electron chi connectivity index (χ4n) is 3.14. The molecule has 1 heterocycles. The third-order valence-electron chi connectivity index (χ3n) is 4.68. The number of rotatable bonds is 5. The van der Waals surface area contributed by atoms with Gasteiger partial charge in [0, 0.05) is 37.9 Å². The Balaban J connectivity index is 0.00000280. The van der Waals surface area contributed by atoms with Crippen LogP contribution in [0.5, 0.6) is 0 Å². The summed E-state index contributed by atoms with van der Waals surface area (Å²) < 4.78 is 13.2. The van der Waals surface area contributed by atoms with Gasteiger partial charge in [-0.3, -0.25) is 4.79 Å². The fraction of sp³-hybridized carbons (Fsp3) is 0.421. The van der Waals surface area contributed by atoms with Gasteiger partial charge in [0.15, 0.2) is 0 Å². The Morgan fingerprint density at radius 2 is 1.86 bits per heavy atom. The van der Waals surface area contributed by atoms with Gasteiger partial charge in [-0.1, -0.05) is 11.6 Å². The predicted molar refractivity (Wildman–Crippen MR) is 112 cm³/mol. The summed E-state index contributed by atoms with van der Waals surface area (Å²) in [4.78, 5) is 23.0. The molecular weight excluding hydrogens is 404 g/mol. The molecule has 1 aromatic carbocycles. The van der Waals surface area contributed by atoms with Crippen molar-refractivity contribution in [2.24, 2.45) is 0 Å². The summed E-state index contributed by atoms with van der Waals surface area (Å²) >= 11 is 5.75. The van der Waals surface area contributed by atoms with Crippen molar-refractivity contribution < 1.29 is 9.18 Å². The number of aromatic nitrogens is 2. The van der Waals surface area contributed by atoms with Crippen molar-refractivity contribution >= 4 is 41.7 Å². The molecule has 6 nitrogen and oxygen atoms in total. The van der Waals surface area contributed by atoms with Gasteiger partial charge in [-0.25, -0.2) is 9.37 Å². The lowest BCUT2D eigenvalue weighted by Gasteiger charge is -2.29. The Bertz CT molecular complexity index is 813. The lowest BCUT2D eigenvalue weighted by molar-refractivity contribution is 0.0926. The van der Waals surface area contributed by atoms with Crippen LogP contribution in [0.15, 0.2) is 30.5 Å². The standard InChI is InChI=1S/C19H23ClFN5O.ClH/c1-26(2)17-9-10-22-19(25-17)24-14-6-4-13(5-7-14)23-18(27)12-3-8-16(21)15(20)11-12;/h3,8-11,13-14H,4-7H2,1-2H3,(H,23,27)(H,22,24,25);1H/t13-,14+;. The summed E-state index contributed by atoms with van der Waals surface area (Å²) in [6.07, 6.45) is 5.26. The average molecular weight is 428 g/mol. The van der Waals surface area contributed by atoms with E-state index in [2.05, 4.69) is 20.6 Å². The van der Waals surface area contributed by atoms with Crippen molar-refractivity contribution in [3.8, 4) is 0 Å². The minimum atomic E-state index is -0.527. The van der Waals surface area contributed by atoms with Crippen LogP contribution in [0, 0.1) is 5.82 Å². The zero-order chi connectivity index (χ0) is 19.4. The van der Waals surface area contributed by atoms with Gasteiger partial charge in [-0.15, -0.1) is 12.4 Å². The molecule has 1 aromatic heterocycles. The first-order valence-electron chi connectivity index (χ1n) is 8.95. The van der Waals surface area contributed by atoms with Gasteiger partial charge in [-0.05, 0) is 49.9 Å². The van der Waals surface area contributed by atoms with Crippen LogP contribution in [0.25, 0.3) is 0 Å². The van der Waals surface area contributed by atoms with Crippen LogP contribution in [0.2, 0.25) is 5.02 Å². The first-order valence-corrected chi connectivity index (χ1v) is 9.33. The Labute approximate surface area is 175 Å². The molecule has 1 fully saturated rings. The molecule has 0 bridgehead atoms. The molecule has 0 spiro atoms. The van der Waals surface area contributed by atoms with Gasteiger partial charge in [0.25, 0.3) is 5.91 Å². The molecule has 1 amide bonds. The number of hydrogen-bond acceptors (Lipinski definition) is 5. The number of nitrogens with zero attached hydrogens (tertiary/aromatic N) is 3. The number of anilines is 2. The van der Waals surface area contributed by atoms with E-state index in [1.807, 2.05) is 25.1 Å². The second kappa shape index (κ2) is 9.89. The molecule has 0 saturated heterocycles. The molecule has 3 rings (SSSR count). The molecular formula is C19H24Cl2FN5O. The summed E-state index contributed by atoms with van der Waals surface area (Å²) in [7, 11) is 3.88. The maximum Gasteiger partial charge on any atom is 0.251 e. The van der Waals surface area contributed by atoms with E-state index in [-0.39, 0.29) is 35.4 Å². The van der Waals surface area contributed by atoms with E-state index in [4.69, 9.17) is 11.6 Å². The van der Waals surface area contributed by atoms with Crippen LogP contribution < -0.4 is 15.5 Å². The first-order chi connectivity index (χ1) is 12.9. The second-order valence-electron chi connectivity index (χ2n) is 6.93. The average Bonchev–Trinajstić information content (AvgIpc) is 2.65. The van der Waals surface area contributed by atoms with Crippen molar-refractivity contribution in [1.29, 1.82) is 0 Å². The van der Waals surface area contributed by atoms with Crippen LogP contribution >= 0.6 is 24.0 Å². The van der Waals surface area contributed by atoms with E-state index in [9.17, 15) is 9.18 Å². The summed E-state index contributed by atoms with van der Waals surface area (Å²) in [5.74, 6) is 0.719. The van der Waals surface area contributed by atoms with Crippen molar-refractivity contribution in [3.05, 3.63) is 46.9 Å². The third kappa shape index (κ3) is 5.69. The van der Waals surface area contributed by atoms with Gasteiger partial charge < -0.3 is 15.5 Å². The summed E-state index contributed by atoms with van der Waals surface area (Å²) in [5, 5.41) is 6.33. The number of nitrogens with one attached hydrogen (secondary N) is 2. The highest BCUT2D eigenvalue weighted by Gasteiger charge is 2.23. The molecule has 1 saturated carbocycles. The quantitative estimate of drug-likeness (QED) is 0.756. The SMILES string of the molecule is CN(C)c1ccnc(N[C@H]2CC[C@@H](NC(=O)c3ccc(F)c(Cl)c3)CC2)n1.Cl. The van der Waals surface area contributed by atoms with E-state index < -0.39 is 5.82 Å². The van der Waals surface area contributed by atoms with Crippen molar-refractivity contribution in [2.75, 3.05) is 24.3 Å². The van der Waals surface area contributed by atoms with Gasteiger partial charge in [-0.2, -0.15) is 4.98 Å². The Hall–Kier alpha value is -2.12. The lowest BCUT2D eigenvalue weighted by atomic mass is 9.91. The van der Waals surface area contributed by atoms with E-state index in [0.29, 0.717) is 11.5 Å². The highest BCUT2D eigenvalue weighted by molar-refractivity contribution is 6.31. The van der Waals surface area contributed by atoms with Gasteiger partial charge >= 0.3 is 0 Å². The predicted octanol–water partition coefficient (Wildman–Crippen LogP) is 3.91. The van der Waals surface area contributed by atoms with Gasteiger partial charge in [0.05, 0.1) is 5.02 Å². The normalized spacial score (nSPS) is 18.7. The molecule has 2 N–H and O–H groups in total. The minimum absolute atomic E-state index is 0. The number of halogens is 3. The first kappa shape index (κ1) is 22.2. The highest BCUT2D eigenvalue weighted by atomic mass is 35.5. The molecule has 0 radical (unpaired) electrons. The topological polar surface area (TPSA) is 70.2 Å². The molecule has 0 unspecified atom stereocenters. The van der Waals surface area contributed by atoms with Gasteiger partial charge in [0.2, 0.25) is 5.95 Å². The van der Waals surface area contributed by atoms with Crippen LogP contribution in [0.1, 0.15) is 36.0 Å². The molecule has 0 aliphatic heterocycles. The van der Waals surface area contributed by atoms with E-state index in [1.54, 1.807) is 6.20 Å². The zero-order valence-electron chi connectivity index (χ0n) is 15.8. The maximum absolute atomic E-state index is 13.2. The minimum Gasteiger partial charge on any atom is -0.363 e. The fourth-order valence-corrected chi connectivity index (χ4v) is 3.32. The van der Waals surface area contributed by atoms with E-state index in [0.717, 1.165) is 31.5 Å². The molecule has 2 aromatic rings. The smallest absolute Gasteiger partial charge is 0.251 e. The largest absolute Gasteiger partial charge is 0.363 e.